The molecule has 1 amide bonds. The van der Waals surface area contributed by atoms with Crippen LogP contribution in [-0.4, -0.2) is 23.4 Å². The molecule has 0 saturated carbocycles. The lowest BCUT2D eigenvalue weighted by molar-refractivity contribution is -0.384. The zero-order chi connectivity index (χ0) is 22.2. The molecule has 0 atom stereocenters. The smallest absolute Gasteiger partial charge is 0.340 e. The predicted molar refractivity (Wildman–Crippen MR) is 118 cm³/mol. The second kappa shape index (κ2) is 9.98. The van der Waals surface area contributed by atoms with Crippen LogP contribution in [0.25, 0.3) is 11.6 Å². The van der Waals surface area contributed by atoms with E-state index in [1.807, 2.05) is 6.07 Å². The second-order valence-corrected chi connectivity index (χ2v) is 6.49. The number of para-hydroxylation sites is 1. The Morgan fingerprint density at radius 3 is 2.26 bits per heavy atom. The lowest BCUT2D eigenvalue weighted by Gasteiger charge is -2.13. The van der Waals surface area contributed by atoms with Crippen molar-refractivity contribution in [2.45, 2.75) is 6.92 Å². The summed E-state index contributed by atoms with van der Waals surface area (Å²) in [5, 5.41) is 13.7. The Morgan fingerprint density at radius 2 is 1.61 bits per heavy atom. The second-order valence-electron chi connectivity index (χ2n) is 6.49. The summed E-state index contributed by atoms with van der Waals surface area (Å²) in [7, 11) is 0. The molecule has 7 heteroatoms. The number of carbonyl (C=O) groups is 2. The summed E-state index contributed by atoms with van der Waals surface area (Å²) in [6, 6.07) is 21.5. The van der Waals surface area contributed by atoms with E-state index in [0.717, 1.165) is 0 Å². The number of amides is 1. The van der Waals surface area contributed by atoms with Gasteiger partial charge in [0.15, 0.2) is 0 Å². The van der Waals surface area contributed by atoms with Gasteiger partial charge in [0.25, 0.3) is 11.6 Å². The molecule has 1 N–H and O–H groups in total. The molecular weight excluding hydrogens is 396 g/mol. The maximum atomic E-state index is 13.2. The van der Waals surface area contributed by atoms with Crippen LogP contribution < -0.4 is 5.32 Å². The molecule has 0 aliphatic rings. The number of anilines is 1. The molecule has 0 unspecified atom stereocenters. The fourth-order valence-electron chi connectivity index (χ4n) is 2.93. The highest BCUT2D eigenvalue weighted by atomic mass is 16.6. The summed E-state index contributed by atoms with van der Waals surface area (Å²) in [4.78, 5) is 35.8. The Bertz CT molecular complexity index is 1120. The van der Waals surface area contributed by atoms with Crippen molar-refractivity contribution >= 4 is 34.9 Å². The predicted octanol–water partition coefficient (Wildman–Crippen LogP) is 4.95. The number of esters is 1. The Labute approximate surface area is 179 Å². The van der Waals surface area contributed by atoms with Crippen LogP contribution in [0, 0.1) is 10.1 Å². The SMILES string of the molecule is CCOC(=O)c1ccccc1NC(=O)/C(=C/c1ccc([N+](=O)[O-])cc1)c1ccccc1. The molecule has 0 bridgehead atoms. The van der Waals surface area contributed by atoms with E-state index in [9.17, 15) is 19.7 Å². The maximum absolute atomic E-state index is 13.2. The Kier molecular flexibility index (Phi) is 6.90. The standard InChI is InChI=1S/C24H20N2O5/c1-2-31-24(28)20-10-6-7-11-22(20)25-23(27)21(18-8-4-3-5-9-18)16-17-12-14-19(15-13-17)26(29)30/h3-16H,2H2,1H3,(H,25,27)/b21-16+. The van der Waals surface area contributed by atoms with Gasteiger partial charge >= 0.3 is 5.97 Å². The summed E-state index contributed by atoms with van der Waals surface area (Å²) in [5.74, 6) is -0.958. The van der Waals surface area contributed by atoms with E-state index in [1.54, 1.807) is 73.7 Å². The molecule has 31 heavy (non-hydrogen) atoms. The number of benzene rings is 3. The van der Waals surface area contributed by atoms with Crippen LogP contribution in [0.4, 0.5) is 11.4 Å². The third kappa shape index (κ3) is 5.42. The number of hydrogen-bond donors (Lipinski definition) is 1. The van der Waals surface area contributed by atoms with Crippen LogP contribution in [0.15, 0.2) is 78.9 Å². The quantitative estimate of drug-likeness (QED) is 0.193. The first kappa shape index (κ1) is 21.4. The zero-order valence-corrected chi connectivity index (χ0v) is 16.8. The summed E-state index contributed by atoms with van der Waals surface area (Å²) in [5.41, 5.74) is 2.17. The fraction of sp³-hybridized carbons (Fsp3) is 0.0833. The minimum absolute atomic E-state index is 0.0359. The van der Waals surface area contributed by atoms with Gasteiger partial charge in [0.05, 0.1) is 22.8 Å². The number of nitro groups is 1. The van der Waals surface area contributed by atoms with Crippen molar-refractivity contribution in [1.29, 1.82) is 0 Å². The van der Waals surface area contributed by atoms with Gasteiger partial charge in [-0.15, -0.1) is 0 Å². The van der Waals surface area contributed by atoms with Crippen molar-refractivity contribution in [3.8, 4) is 0 Å². The molecule has 0 heterocycles. The van der Waals surface area contributed by atoms with Crippen molar-refractivity contribution in [2.75, 3.05) is 11.9 Å². The molecule has 3 aromatic carbocycles. The first-order chi connectivity index (χ1) is 15.0. The van der Waals surface area contributed by atoms with E-state index in [4.69, 9.17) is 4.74 Å². The average Bonchev–Trinajstić information content (AvgIpc) is 2.78. The number of nitrogens with one attached hydrogen (secondary N) is 1. The van der Waals surface area contributed by atoms with Crippen LogP contribution in [0.1, 0.15) is 28.4 Å². The zero-order valence-electron chi connectivity index (χ0n) is 16.8. The third-order valence-electron chi connectivity index (χ3n) is 4.41. The Hall–Kier alpha value is -4.26. The Morgan fingerprint density at radius 1 is 0.968 bits per heavy atom. The number of nitro benzene ring substituents is 1. The molecule has 0 aliphatic carbocycles. The molecule has 0 spiro atoms. The molecule has 3 aromatic rings. The monoisotopic (exact) mass is 416 g/mol. The van der Waals surface area contributed by atoms with Gasteiger partial charge in [-0.25, -0.2) is 4.79 Å². The highest BCUT2D eigenvalue weighted by molar-refractivity contribution is 6.29. The normalized spacial score (nSPS) is 10.9. The molecule has 3 rings (SSSR count). The van der Waals surface area contributed by atoms with E-state index in [-0.39, 0.29) is 17.9 Å². The lowest BCUT2D eigenvalue weighted by Crippen LogP contribution is -2.17. The first-order valence-corrected chi connectivity index (χ1v) is 9.58. The molecule has 0 aromatic heterocycles. The van der Waals surface area contributed by atoms with Gasteiger partial charge < -0.3 is 10.1 Å². The molecule has 7 nitrogen and oxygen atoms in total. The van der Waals surface area contributed by atoms with E-state index in [0.29, 0.717) is 22.4 Å². The number of non-ortho nitro benzene ring substituents is 1. The van der Waals surface area contributed by atoms with Crippen LogP contribution in [0.5, 0.6) is 0 Å². The topological polar surface area (TPSA) is 98.5 Å². The van der Waals surface area contributed by atoms with Gasteiger partial charge in [-0.2, -0.15) is 0 Å². The maximum Gasteiger partial charge on any atom is 0.340 e. The third-order valence-corrected chi connectivity index (χ3v) is 4.41. The lowest BCUT2D eigenvalue weighted by atomic mass is 10.0. The molecule has 156 valence electrons. The molecular formula is C24H20N2O5. The molecule has 0 aliphatic heterocycles. The van der Waals surface area contributed by atoms with Gasteiger partial charge in [-0.3, -0.25) is 14.9 Å². The average molecular weight is 416 g/mol. The number of rotatable bonds is 7. The van der Waals surface area contributed by atoms with Crippen molar-refractivity contribution in [3.63, 3.8) is 0 Å². The number of carbonyl (C=O) groups excluding carboxylic acids is 2. The molecule has 0 fully saturated rings. The van der Waals surface area contributed by atoms with E-state index >= 15 is 0 Å². The van der Waals surface area contributed by atoms with Crippen molar-refractivity contribution < 1.29 is 19.2 Å². The fourth-order valence-corrected chi connectivity index (χ4v) is 2.93. The minimum Gasteiger partial charge on any atom is -0.462 e. The van der Waals surface area contributed by atoms with E-state index in [2.05, 4.69) is 5.32 Å². The molecule has 0 radical (unpaired) electrons. The van der Waals surface area contributed by atoms with Crippen molar-refractivity contribution in [2.24, 2.45) is 0 Å². The van der Waals surface area contributed by atoms with Gasteiger partial charge in [0.1, 0.15) is 0 Å². The van der Waals surface area contributed by atoms with Crippen LogP contribution in [-0.2, 0) is 9.53 Å². The first-order valence-electron chi connectivity index (χ1n) is 9.58. The highest BCUT2D eigenvalue weighted by Gasteiger charge is 2.17. The number of hydrogen-bond acceptors (Lipinski definition) is 5. The Balaban J connectivity index is 1.97. The molecule has 0 saturated heterocycles. The van der Waals surface area contributed by atoms with Gasteiger partial charge in [-0.05, 0) is 48.4 Å². The van der Waals surface area contributed by atoms with Crippen LogP contribution in [0.2, 0.25) is 0 Å². The van der Waals surface area contributed by atoms with Crippen molar-refractivity contribution in [3.05, 3.63) is 106 Å². The van der Waals surface area contributed by atoms with E-state index < -0.39 is 16.8 Å². The summed E-state index contributed by atoms with van der Waals surface area (Å²) in [6.45, 7) is 1.93. The minimum atomic E-state index is -0.529. The summed E-state index contributed by atoms with van der Waals surface area (Å²) >= 11 is 0. The number of nitrogens with zero attached hydrogens (tertiary/aromatic N) is 1. The van der Waals surface area contributed by atoms with Crippen LogP contribution in [0.3, 0.4) is 0 Å². The van der Waals surface area contributed by atoms with Crippen LogP contribution >= 0.6 is 0 Å². The summed E-state index contributed by atoms with van der Waals surface area (Å²) < 4.78 is 5.06. The largest absolute Gasteiger partial charge is 0.462 e. The van der Waals surface area contributed by atoms with E-state index in [1.165, 1.54) is 12.1 Å². The van der Waals surface area contributed by atoms with Crippen molar-refractivity contribution in [1.82, 2.24) is 0 Å². The van der Waals surface area contributed by atoms with Gasteiger partial charge in [-0.1, -0.05) is 42.5 Å². The number of ether oxygens (including phenoxy) is 1. The highest BCUT2D eigenvalue weighted by Crippen LogP contribution is 2.24. The van der Waals surface area contributed by atoms with Gasteiger partial charge in [0, 0.05) is 17.7 Å². The van der Waals surface area contributed by atoms with Gasteiger partial charge in [0.2, 0.25) is 0 Å². The summed E-state index contributed by atoms with van der Waals surface area (Å²) in [6.07, 6.45) is 1.64.